The fraction of sp³-hybridized carbons (Fsp3) is 0.125. The Morgan fingerprint density at radius 3 is 2.14 bits per heavy atom. The Bertz CT molecular complexity index is 1180. The normalized spacial score (nSPS) is 19.3. The molecule has 0 amide bonds. The number of hydrogen-bond acceptors (Lipinski definition) is 5. The molecule has 2 unspecified atom stereocenters. The molecule has 1 N–H and O–H groups in total. The zero-order chi connectivity index (χ0) is 20.1. The van der Waals surface area contributed by atoms with Gasteiger partial charge in [-0.1, -0.05) is 54.6 Å². The highest BCUT2D eigenvalue weighted by atomic mass is 16.5. The first-order chi connectivity index (χ1) is 14.1. The van der Waals surface area contributed by atoms with Gasteiger partial charge in [0.25, 0.3) is 0 Å². The monoisotopic (exact) mass is 384 g/mol. The Balaban J connectivity index is 1.48. The molecular formula is C24H16O5. The third-order valence-electron chi connectivity index (χ3n) is 5.55. The predicted octanol–water partition coefficient (Wildman–Crippen LogP) is 3.88. The van der Waals surface area contributed by atoms with Crippen LogP contribution in [-0.4, -0.2) is 22.6 Å². The van der Waals surface area contributed by atoms with E-state index in [1.165, 1.54) is 12.1 Å². The number of carbonyl (C=O) groups is 3. The molecule has 1 fully saturated rings. The van der Waals surface area contributed by atoms with Crippen LogP contribution in [0.15, 0.2) is 66.7 Å². The van der Waals surface area contributed by atoms with Crippen LogP contribution < -0.4 is 4.74 Å². The molecule has 3 aromatic carbocycles. The molecule has 142 valence electrons. The third kappa shape index (κ3) is 2.74. The Hall–Kier alpha value is -3.73. The number of aromatic hydroxyl groups is 1. The van der Waals surface area contributed by atoms with Crippen molar-refractivity contribution in [3.8, 4) is 11.5 Å². The zero-order valence-corrected chi connectivity index (χ0v) is 15.3. The predicted molar refractivity (Wildman–Crippen MR) is 104 cm³/mol. The Kier molecular flexibility index (Phi) is 3.84. The van der Waals surface area contributed by atoms with Gasteiger partial charge in [0.15, 0.2) is 11.6 Å². The minimum atomic E-state index is -0.459. The van der Waals surface area contributed by atoms with Gasteiger partial charge in [-0.2, -0.15) is 0 Å². The molecule has 0 aliphatic heterocycles. The van der Waals surface area contributed by atoms with E-state index in [1.807, 2.05) is 30.3 Å². The molecule has 2 aliphatic carbocycles. The lowest BCUT2D eigenvalue weighted by Gasteiger charge is -2.20. The molecule has 29 heavy (non-hydrogen) atoms. The van der Waals surface area contributed by atoms with Crippen molar-refractivity contribution in [1.82, 2.24) is 0 Å². The summed E-state index contributed by atoms with van der Waals surface area (Å²) in [5.41, 5.74) is 1.37. The number of rotatable bonds is 3. The first-order valence-corrected chi connectivity index (χ1v) is 9.37. The lowest BCUT2D eigenvalue weighted by molar-refractivity contribution is -0.135. The molecule has 5 rings (SSSR count). The van der Waals surface area contributed by atoms with Gasteiger partial charge in [-0.3, -0.25) is 14.4 Å². The number of benzene rings is 3. The van der Waals surface area contributed by atoms with E-state index in [-0.39, 0.29) is 45.6 Å². The van der Waals surface area contributed by atoms with Gasteiger partial charge in [0.1, 0.15) is 11.5 Å². The molecule has 0 heterocycles. The summed E-state index contributed by atoms with van der Waals surface area (Å²) in [6, 6.07) is 18.8. The van der Waals surface area contributed by atoms with Gasteiger partial charge >= 0.3 is 5.97 Å². The molecule has 1 saturated carbocycles. The molecule has 5 nitrogen and oxygen atoms in total. The van der Waals surface area contributed by atoms with Gasteiger partial charge in [0, 0.05) is 11.1 Å². The van der Waals surface area contributed by atoms with E-state index in [1.54, 1.807) is 24.3 Å². The maximum absolute atomic E-state index is 13.0. The second kappa shape index (κ2) is 6.41. The molecule has 0 bridgehead atoms. The Labute approximate surface area is 166 Å². The number of hydrogen-bond donors (Lipinski definition) is 1. The van der Waals surface area contributed by atoms with Crippen molar-refractivity contribution in [1.29, 1.82) is 0 Å². The van der Waals surface area contributed by atoms with Crippen LogP contribution in [0.25, 0.3) is 0 Å². The van der Waals surface area contributed by atoms with E-state index in [0.717, 1.165) is 5.56 Å². The van der Waals surface area contributed by atoms with E-state index >= 15 is 0 Å². The fourth-order valence-electron chi connectivity index (χ4n) is 3.97. The van der Waals surface area contributed by atoms with Crippen molar-refractivity contribution < 1.29 is 24.2 Å². The molecule has 0 saturated heterocycles. The fourth-order valence-corrected chi connectivity index (χ4v) is 3.97. The van der Waals surface area contributed by atoms with Crippen LogP contribution in [0.3, 0.4) is 0 Å². The molecule has 5 heteroatoms. The third-order valence-corrected chi connectivity index (χ3v) is 5.55. The summed E-state index contributed by atoms with van der Waals surface area (Å²) in [5.74, 6) is -1.83. The smallest absolute Gasteiger partial charge is 0.314 e. The van der Waals surface area contributed by atoms with Crippen LogP contribution in [0.2, 0.25) is 0 Å². The van der Waals surface area contributed by atoms with Crippen molar-refractivity contribution in [3.63, 3.8) is 0 Å². The summed E-state index contributed by atoms with van der Waals surface area (Å²) in [6.45, 7) is 0. The average Bonchev–Trinajstić information content (AvgIpc) is 3.55. The van der Waals surface area contributed by atoms with E-state index in [9.17, 15) is 19.5 Å². The molecule has 2 atom stereocenters. The van der Waals surface area contributed by atoms with Gasteiger partial charge in [0.2, 0.25) is 0 Å². The molecule has 0 aromatic heterocycles. The Morgan fingerprint density at radius 2 is 1.45 bits per heavy atom. The van der Waals surface area contributed by atoms with E-state index in [4.69, 9.17) is 4.74 Å². The van der Waals surface area contributed by atoms with Crippen LogP contribution in [0, 0.1) is 5.92 Å². The highest BCUT2D eigenvalue weighted by Gasteiger charge is 2.46. The quantitative estimate of drug-likeness (QED) is 0.428. The average molecular weight is 384 g/mol. The van der Waals surface area contributed by atoms with Crippen molar-refractivity contribution >= 4 is 17.5 Å². The minimum absolute atomic E-state index is 0.00867. The maximum Gasteiger partial charge on any atom is 0.314 e. The highest BCUT2D eigenvalue weighted by Crippen LogP contribution is 2.48. The standard InChI is InChI=1S/C24H16O5/c25-18-10-11-19(29-24(28)17-12-16(17)13-6-2-1-3-7-13)21-20(18)22(26)14-8-4-5-9-15(14)23(21)27/h1-11,16-17,25H,12H2. The first-order valence-electron chi connectivity index (χ1n) is 9.37. The van der Waals surface area contributed by atoms with Crippen LogP contribution in [0.4, 0.5) is 0 Å². The van der Waals surface area contributed by atoms with Crippen molar-refractivity contribution in [2.24, 2.45) is 5.92 Å². The number of ether oxygens (including phenoxy) is 1. The molecule has 0 spiro atoms. The molecule has 0 radical (unpaired) electrons. The first kappa shape index (κ1) is 17.4. The molecular weight excluding hydrogens is 368 g/mol. The minimum Gasteiger partial charge on any atom is -0.507 e. The summed E-state index contributed by atoms with van der Waals surface area (Å²) in [5, 5.41) is 10.2. The van der Waals surface area contributed by atoms with Crippen LogP contribution in [-0.2, 0) is 4.79 Å². The SMILES string of the molecule is O=C1c2ccccc2C(=O)c2c(OC(=O)C3CC3c3ccccc3)ccc(O)c21. The number of esters is 1. The van der Waals surface area contributed by atoms with Crippen LogP contribution in [0.1, 0.15) is 49.7 Å². The van der Waals surface area contributed by atoms with Crippen molar-refractivity contribution in [2.75, 3.05) is 0 Å². The van der Waals surface area contributed by atoms with Gasteiger partial charge in [-0.15, -0.1) is 0 Å². The number of phenols is 1. The summed E-state index contributed by atoms with van der Waals surface area (Å²) in [4.78, 5) is 38.5. The van der Waals surface area contributed by atoms with Crippen molar-refractivity contribution in [3.05, 3.63) is 94.5 Å². The number of carbonyl (C=O) groups excluding carboxylic acids is 3. The lowest BCUT2D eigenvalue weighted by atomic mass is 9.83. The summed E-state index contributed by atoms with van der Waals surface area (Å²) >= 11 is 0. The van der Waals surface area contributed by atoms with E-state index in [0.29, 0.717) is 6.42 Å². The topological polar surface area (TPSA) is 80.7 Å². The Morgan fingerprint density at radius 1 is 0.828 bits per heavy atom. The van der Waals surface area contributed by atoms with Gasteiger partial charge in [-0.25, -0.2) is 0 Å². The zero-order valence-electron chi connectivity index (χ0n) is 15.3. The van der Waals surface area contributed by atoms with Crippen molar-refractivity contribution in [2.45, 2.75) is 12.3 Å². The second-order valence-electron chi connectivity index (χ2n) is 7.32. The van der Waals surface area contributed by atoms with Crippen LogP contribution in [0.5, 0.6) is 11.5 Å². The molecule has 2 aliphatic rings. The van der Waals surface area contributed by atoms with Crippen LogP contribution >= 0.6 is 0 Å². The van der Waals surface area contributed by atoms with Gasteiger partial charge in [0.05, 0.1) is 17.0 Å². The maximum atomic E-state index is 13.0. The summed E-state index contributed by atoms with van der Waals surface area (Å²) < 4.78 is 5.55. The van der Waals surface area contributed by atoms with E-state index in [2.05, 4.69) is 0 Å². The van der Waals surface area contributed by atoms with Gasteiger partial charge < -0.3 is 9.84 Å². The number of fused-ring (bicyclic) bond motifs is 2. The summed E-state index contributed by atoms with van der Waals surface area (Å²) in [7, 11) is 0. The number of ketones is 2. The lowest BCUT2D eigenvalue weighted by Crippen LogP contribution is -2.23. The van der Waals surface area contributed by atoms with Gasteiger partial charge in [-0.05, 0) is 30.0 Å². The number of phenolic OH excluding ortho intramolecular Hbond substituents is 1. The molecule has 3 aromatic rings. The summed E-state index contributed by atoms with van der Waals surface area (Å²) in [6.07, 6.45) is 0.679. The largest absolute Gasteiger partial charge is 0.507 e. The highest BCUT2D eigenvalue weighted by molar-refractivity contribution is 6.30. The van der Waals surface area contributed by atoms with E-state index < -0.39 is 17.5 Å². The second-order valence-corrected chi connectivity index (χ2v) is 7.32.